The van der Waals surface area contributed by atoms with E-state index in [1.807, 2.05) is 0 Å². The van der Waals surface area contributed by atoms with Gasteiger partial charge in [-0.2, -0.15) is 0 Å². The Morgan fingerprint density at radius 3 is 1.31 bits per heavy atom. The number of carboxylic acid groups (broad SMARTS) is 2. The van der Waals surface area contributed by atoms with Crippen molar-refractivity contribution in [2.45, 2.75) is 25.7 Å². The van der Waals surface area contributed by atoms with Crippen LogP contribution in [0.25, 0.3) is 0 Å². The molecule has 16 heavy (non-hydrogen) atoms. The lowest BCUT2D eigenvalue weighted by Gasteiger charge is -2.09. The van der Waals surface area contributed by atoms with Crippen LogP contribution < -0.4 is 0 Å². The van der Waals surface area contributed by atoms with E-state index in [-0.39, 0.29) is 12.8 Å². The van der Waals surface area contributed by atoms with Gasteiger partial charge in [0.25, 0.3) is 0 Å². The van der Waals surface area contributed by atoms with Crippen molar-refractivity contribution in [1.29, 1.82) is 0 Å². The molecule has 1 heterocycles. The predicted octanol–water partition coefficient (Wildman–Crippen LogP) is 0.749. The molecular weight excluding hydrogens is 216 g/mol. The molecule has 0 spiro atoms. The Kier molecular flexibility index (Phi) is 9.64. The van der Waals surface area contributed by atoms with Gasteiger partial charge in [-0.3, -0.25) is 9.59 Å². The molecule has 0 bridgehead atoms. The number of unbranched alkanes of at least 4 members (excludes halogenated alkanes) is 1. The molecule has 6 nitrogen and oxygen atoms in total. The lowest BCUT2D eigenvalue weighted by molar-refractivity contribution is -0.139. The smallest absolute Gasteiger partial charge is 0.303 e. The third-order valence-electron chi connectivity index (χ3n) is 1.78. The first-order valence-electron chi connectivity index (χ1n) is 5.22. The van der Waals surface area contributed by atoms with Gasteiger partial charge in [0, 0.05) is 12.8 Å². The summed E-state index contributed by atoms with van der Waals surface area (Å²) in [6.07, 6.45) is 1.02. The Bertz CT molecular complexity index is 172. The largest absolute Gasteiger partial charge is 0.481 e. The number of hydrogen-bond donors (Lipinski definition) is 2. The first-order valence-corrected chi connectivity index (χ1v) is 5.22. The number of ether oxygens (including phenoxy) is 2. The second-order valence-corrected chi connectivity index (χ2v) is 3.22. The summed E-state index contributed by atoms with van der Waals surface area (Å²) >= 11 is 0. The van der Waals surface area contributed by atoms with Gasteiger partial charge >= 0.3 is 11.9 Å². The van der Waals surface area contributed by atoms with Gasteiger partial charge in [-0.05, 0) is 12.8 Å². The topological polar surface area (TPSA) is 93.1 Å². The van der Waals surface area contributed by atoms with Crippen LogP contribution in [0.15, 0.2) is 0 Å². The molecule has 1 fully saturated rings. The maximum atomic E-state index is 9.90. The Hall–Kier alpha value is -1.14. The molecule has 0 aromatic rings. The minimum Gasteiger partial charge on any atom is -0.481 e. The summed E-state index contributed by atoms with van der Waals surface area (Å²) in [6, 6.07) is 0. The van der Waals surface area contributed by atoms with Gasteiger partial charge in [0.15, 0.2) is 0 Å². The Labute approximate surface area is 94.2 Å². The van der Waals surface area contributed by atoms with E-state index in [0.29, 0.717) is 12.8 Å². The molecule has 0 aromatic heterocycles. The van der Waals surface area contributed by atoms with Crippen LogP contribution >= 0.6 is 0 Å². The van der Waals surface area contributed by atoms with Crippen molar-refractivity contribution in [2.75, 3.05) is 26.4 Å². The number of hydrogen-bond acceptors (Lipinski definition) is 4. The molecule has 0 atom stereocenters. The minimum atomic E-state index is -0.870. The molecule has 94 valence electrons. The average Bonchev–Trinajstić information content (AvgIpc) is 2.27. The standard InChI is InChI=1S/C6H10O4.C4H8O2/c7-5(8)3-1-2-4-6(9)10;1-2-6-4-3-5-1/h1-4H2,(H,7,8)(H,9,10);1-4H2. The molecule has 1 rings (SSSR count). The fraction of sp³-hybridized carbons (Fsp3) is 0.800. The van der Waals surface area contributed by atoms with Crippen molar-refractivity contribution >= 4 is 11.9 Å². The summed E-state index contributed by atoms with van der Waals surface area (Å²) in [6.45, 7) is 3.11. The van der Waals surface area contributed by atoms with Crippen LogP contribution in [0.1, 0.15) is 25.7 Å². The molecule has 6 heteroatoms. The predicted molar refractivity (Wildman–Crippen MR) is 55.4 cm³/mol. The van der Waals surface area contributed by atoms with Crippen LogP contribution in [0.3, 0.4) is 0 Å². The highest BCUT2D eigenvalue weighted by molar-refractivity contribution is 5.67. The molecule has 0 aromatic carbocycles. The Morgan fingerprint density at radius 2 is 1.12 bits per heavy atom. The Morgan fingerprint density at radius 1 is 0.812 bits per heavy atom. The van der Waals surface area contributed by atoms with Gasteiger partial charge in [0.1, 0.15) is 0 Å². The van der Waals surface area contributed by atoms with Gasteiger partial charge in [0.2, 0.25) is 0 Å². The minimum absolute atomic E-state index is 0.0628. The fourth-order valence-corrected chi connectivity index (χ4v) is 0.992. The lowest BCUT2D eigenvalue weighted by atomic mass is 10.2. The van der Waals surface area contributed by atoms with Gasteiger partial charge in [-0.25, -0.2) is 0 Å². The normalized spacial score (nSPS) is 14.8. The number of rotatable bonds is 5. The van der Waals surface area contributed by atoms with Gasteiger partial charge < -0.3 is 19.7 Å². The zero-order valence-corrected chi connectivity index (χ0v) is 9.18. The Balaban J connectivity index is 0.000000315. The van der Waals surface area contributed by atoms with Crippen molar-refractivity contribution in [3.8, 4) is 0 Å². The van der Waals surface area contributed by atoms with Crippen molar-refractivity contribution in [3.05, 3.63) is 0 Å². The molecule has 0 saturated carbocycles. The summed E-state index contributed by atoms with van der Waals surface area (Å²) in [5, 5.41) is 16.3. The molecule has 2 N–H and O–H groups in total. The molecule has 0 radical (unpaired) electrons. The van der Waals surface area contributed by atoms with Crippen LogP contribution in [0, 0.1) is 0 Å². The quantitative estimate of drug-likeness (QED) is 0.682. The zero-order valence-electron chi connectivity index (χ0n) is 9.18. The van der Waals surface area contributed by atoms with Crippen LogP contribution in [0.5, 0.6) is 0 Å². The van der Waals surface area contributed by atoms with E-state index >= 15 is 0 Å². The van der Waals surface area contributed by atoms with Crippen LogP contribution in [-0.2, 0) is 19.1 Å². The van der Waals surface area contributed by atoms with E-state index in [1.165, 1.54) is 0 Å². The van der Waals surface area contributed by atoms with Crippen molar-refractivity contribution in [3.63, 3.8) is 0 Å². The highest BCUT2D eigenvalue weighted by Crippen LogP contribution is 1.98. The fourth-order valence-electron chi connectivity index (χ4n) is 0.992. The summed E-state index contributed by atoms with van der Waals surface area (Å²) in [5.41, 5.74) is 0. The van der Waals surface area contributed by atoms with Crippen molar-refractivity contribution in [1.82, 2.24) is 0 Å². The van der Waals surface area contributed by atoms with E-state index in [2.05, 4.69) is 0 Å². The number of carboxylic acids is 2. The maximum absolute atomic E-state index is 9.90. The van der Waals surface area contributed by atoms with Gasteiger partial charge in [0.05, 0.1) is 26.4 Å². The van der Waals surface area contributed by atoms with Crippen molar-refractivity contribution in [2.24, 2.45) is 0 Å². The SMILES string of the molecule is C1COCCO1.O=C(O)CCCCC(=O)O. The third-order valence-corrected chi connectivity index (χ3v) is 1.78. The molecule has 1 aliphatic heterocycles. The first-order chi connectivity index (χ1) is 7.63. The lowest BCUT2D eigenvalue weighted by Crippen LogP contribution is -2.16. The van der Waals surface area contributed by atoms with E-state index in [9.17, 15) is 9.59 Å². The zero-order chi connectivity index (χ0) is 12.2. The van der Waals surface area contributed by atoms with Gasteiger partial charge in [-0.1, -0.05) is 0 Å². The molecular formula is C10H18O6. The van der Waals surface area contributed by atoms with Crippen LogP contribution in [0.4, 0.5) is 0 Å². The van der Waals surface area contributed by atoms with Crippen molar-refractivity contribution < 1.29 is 29.3 Å². The number of aliphatic carboxylic acids is 2. The average molecular weight is 234 g/mol. The molecule has 0 amide bonds. The second-order valence-electron chi connectivity index (χ2n) is 3.22. The van der Waals surface area contributed by atoms with Crippen LogP contribution in [0.2, 0.25) is 0 Å². The van der Waals surface area contributed by atoms with E-state index < -0.39 is 11.9 Å². The highest BCUT2D eigenvalue weighted by Gasteiger charge is 1.99. The summed E-state index contributed by atoms with van der Waals surface area (Å²) in [5.74, 6) is -1.74. The van der Waals surface area contributed by atoms with E-state index in [1.54, 1.807) is 0 Å². The molecule has 0 unspecified atom stereocenters. The number of carbonyl (C=O) groups is 2. The van der Waals surface area contributed by atoms with E-state index in [0.717, 1.165) is 26.4 Å². The second kappa shape index (κ2) is 10.4. The molecule has 0 aliphatic carbocycles. The molecule has 1 aliphatic rings. The summed E-state index contributed by atoms with van der Waals surface area (Å²) in [7, 11) is 0. The highest BCUT2D eigenvalue weighted by atomic mass is 16.6. The van der Waals surface area contributed by atoms with Gasteiger partial charge in [-0.15, -0.1) is 0 Å². The van der Waals surface area contributed by atoms with E-state index in [4.69, 9.17) is 19.7 Å². The maximum Gasteiger partial charge on any atom is 0.303 e. The monoisotopic (exact) mass is 234 g/mol. The summed E-state index contributed by atoms with van der Waals surface area (Å²) < 4.78 is 9.89. The molecule has 1 saturated heterocycles. The van der Waals surface area contributed by atoms with Crippen LogP contribution in [-0.4, -0.2) is 48.6 Å². The third kappa shape index (κ3) is 12.9. The summed E-state index contributed by atoms with van der Waals surface area (Å²) in [4.78, 5) is 19.8. The first kappa shape index (κ1) is 14.9.